The fourth-order valence-electron chi connectivity index (χ4n) is 3.74. The number of alkyl halides is 3. The van der Waals surface area contributed by atoms with Gasteiger partial charge in [0.15, 0.2) is 5.65 Å². The predicted molar refractivity (Wildman–Crippen MR) is 122 cm³/mol. The summed E-state index contributed by atoms with van der Waals surface area (Å²) in [6.07, 6.45) is 3.87. The smallest absolute Gasteiger partial charge is 0.374 e. The van der Waals surface area contributed by atoms with E-state index in [0.717, 1.165) is 36.7 Å². The predicted octanol–water partition coefficient (Wildman–Crippen LogP) is 6.05. The third-order valence-corrected chi connectivity index (χ3v) is 5.44. The molecule has 1 fully saturated rings. The minimum atomic E-state index is -4.45. The molecule has 1 saturated heterocycles. The molecule has 0 bridgehead atoms. The van der Waals surface area contributed by atoms with Crippen LogP contribution in [-0.2, 0) is 10.9 Å². The van der Waals surface area contributed by atoms with Gasteiger partial charge >= 0.3 is 6.18 Å². The topological polar surface area (TPSA) is 73.7 Å². The number of nitrogens with zero attached hydrogens (tertiary/aromatic N) is 5. The van der Waals surface area contributed by atoms with Gasteiger partial charge in [-0.2, -0.15) is 13.2 Å². The minimum Gasteiger partial charge on any atom is -0.374 e. The van der Waals surface area contributed by atoms with Gasteiger partial charge < -0.3 is 4.74 Å². The Kier molecular flexibility index (Phi) is 7.12. The molecule has 0 N–H and O–H groups in total. The van der Waals surface area contributed by atoms with Crippen molar-refractivity contribution in [2.75, 3.05) is 6.61 Å². The Balaban J connectivity index is 0.000000180. The van der Waals surface area contributed by atoms with Crippen LogP contribution in [0.25, 0.3) is 22.3 Å². The van der Waals surface area contributed by atoms with E-state index >= 15 is 0 Å². The van der Waals surface area contributed by atoms with Crippen molar-refractivity contribution < 1.29 is 17.9 Å². The molecule has 5 rings (SSSR count). The van der Waals surface area contributed by atoms with Crippen LogP contribution in [-0.4, -0.2) is 31.5 Å². The summed E-state index contributed by atoms with van der Waals surface area (Å²) in [5.74, 6) is 0. The molecular weight excluding hydrogens is 443 g/mol. The summed E-state index contributed by atoms with van der Waals surface area (Å²) >= 11 is 0. The Labute approximate surface area is 195 Å². The van der Waals surface area contributed by atoms with E-state index in [0.29, 0.717) is 28.4 Å². The Hall–Kier alpha value is -3.46. The lowest BCUT2D eigenvalue weighted by Gasteiger charge is -2.22. The number of ether oxygens (including phenoxy) is 1. The molecule has 0 saturated carbocycles. The molecule has 0 aliphatic carbocycles. The van der Waals surface area contributed by atoms with Crippen molar-refractivity contribution in [2.45, 2.75) is 45.4 Å². The van der Waals surface area contributed by atoms with E-state index in [1.165, 1.54) is 30.8 Å². The lowest BCUT2D eigenvalue weighted by Crippen LogP contribution is -2.11. The molecule has 0 aromatic carbocycles. The molecule has 9 heteroatoms. The summed E-state index contributed by atoms with van der Waals surface area (Å²) in [4.78, 5) is 20.1. The number of fused-ring (bicyclic) bond motifs is 1. The van der Waals surface area contributed by atoms with Gasteiger partial charge in [0, 0.05) is 41.3 Å². The van der Waals surface area contributed by atoms with Gasteiger partial charge in [-0.15, -0.1) is 0 Å². The van der Waals surface area contributed by atoms with Crippen molar-refractivity contribution in [3.63, 3.8) is 0 Å². The van der Waals surface area contributed by atoms with Crippen LogP contribution >= 0.6 is 0 Å². The summed E-state index contributed by atoms with van der Waals surface area (Å²) in [6, 6.07) is 10.1. The van der Waals surface area contributed by atoms with E-state index in [1.54, 1.807) is 12.1 Å². The van der Waals surface area contributed by atoms with Gasteiger partial charge in [-0.25, -0.2) is 15.0 Å². The van der Waals surface area contributed by atoms with Gasteiger partial charge in [-0.05, 0) is 75.1 Å². The molecule has 0 spiro atoms. The average molecular weight is 467 g/mol. The first-order chi connectivity index (χ1) is 16.3. The third kappa shape index (κ3) is 5.72. The van der Waals surface area contributed by atoms with Crippen molar-refractivity contribution in [1.29, 1.82) is 0 Å². The highest BCUT2D eigenvalue weighted by Gasteiger charge is 2.32. The van der Waals surface area contributed by atoms with Crippen LogP contribution in [0.3, 0.4) is 0 Å². The number of hydrogen-bond acceptors (Lipinski definition) is 6. The summed E-state index contributed by atoms with van der Waals surface area (Å²) in [5, 5.41) is 0.671. The molecule has 176 valence electrons. The molecule has 4 aromatic heterocycles. The first-order valence-electron chi connectivity index (χ1n) is 11.0. The monoisotopic (exact) mass is 467 g/mol. The number of aromatic nitrogens is 5. The van der Waals surface area contributed by atoms with E-state index < -0.39 is 11.9 Å². The highest BCUT2D eigenvalue weighted by molar-refractivity contribution is 5.89. The molecule has 0 unspecified atom stereocenters. The molecule has 1 aliphatic rings. The maximum absolute atomic E-state index is 12.5. The van der Waals surface area contributed by atoms with Crippen molar-refractivity contribution in [3.8, 4) is 11.3 Å². The van der Waals surface area contributed by atoms with Gasteiger partial charge in [0.1, 0.15) is 12.0 Å². The van der Waals surface area contributed by atoms with Crippen LogP contribution in [0.2, 0.25) is 0 Å². The van der Waals surface area contributed by atoms with Crippen LogP contribution in [0, 0.1) is 13.8 Å². The van der Waals surface area contributed by atoms with Gasteiger partial charge in [0.25, 0.3) is 0 Å². The number of aryl methyl sites for hydroxylation is 2. The SMILES string of the molecule is Cc1cc([C@H]2CCCCO2)ccn1.Cc1ccc2c(-c3ccc(C(F)(F)F)nc3)ncnc2n1. The highest BCUT2D eigenvalue weighted by Crippen LogP contribution is 2.30. The lowest BCUT2D eigenvalue weighted by molar-refractivity contribution is -0.141. The fraction of sp³-hybridized carbons (Fsp3) is 0.320. The Morgan fingerprint density at radius 3 is 2.44 bits per heavy atom. The molecular formula is C25H24F3N5O. The van der Waals surface area contributed by atoms with E-state index in [2.05, 4.69) is 37.1 Å². The third-order valence-electron chi connectivity index (χ3n) is 5.44. The second-order valence-electron chi connectivity index (χ2n) is 8.06. The number of pyridine rings is 3. The van der Waals surface area contributed by atoms with Crippen molar-refractivity contribution in [2.24, 2.45) is 0 Å². The van der Waals surface area contributed by atoms with Crippen LogP contribution in [0.15, 0.2) is 55.1 Å². The molecule has 4 aromatic rings. The summed E-state index contributed by atoms with van der Waals surface area (Å²) in [6.45, 7) is 4.76. The Morgan fingerprint density at radius 1 is 0.912 bits per heavy atom. The molecule has 5 heterocycles. The average Bonchev–Trinajstić information content (AvgIpc) is 2.84. The van der Waals surface area contributed by atoms with Crippen molar-refractivity contribution >= 4 is 11.0 Å². The number of rotatable bonds is 2. The number of halogens is 3. The van der Waals surface area contributed by atoms with Crippen molar-refractivity contribution in [3.05, 3.63) is 77.8 Å². The summed E-state index contributed by atoms with van der Waals surface area (Å²) in [7, 11) is 0. The molecule has 1 aliphatic heterocycles. The second-order valence-corrected chi connectivity index (χ2v) is 8.06. The lowest BCUT2D eigenvalue weighted by atomic mass is 10.0. The maximum Gasteiger partial charge on any atom is 0.433 e. The number of hydrogen-bond donors (Lipinski definition) is 0. The Bertz CT molecular complexity index is 1260. The van der Waals surface area contributed by atoms with Gasteiger partial charge in [0.05, 0.1) is 11.8 Å². The van der Waals surface area contributed by atoms with E-state index in [-0.39, 0.29) is 0 Å². The zero-order valence-corrected chi connectivity index (χ0v) is 18.9. The standard InChI is InChI=1S/C14H9F3N4.C11H15NO/c1-8-2-4-10-12(19-7-20-13(10)21-8)9-3-5-11(18-6-9)14(15,16)17;1-9-8-10(5-6-12-9)11-4-2-3-7-13-11/h2-7H,1H3;5-6,8,11H,2-4,7H2,1H3/t;11-/m.1/s1. The quantitative estimate of drug-likeness (QED) is 0.358. The fourth-order valence-corrected chi connectivity index (χ4v) is 3.74. The first-order valence-corrected chi connectivity index (χ1v) is 11.0. The highest BCUT2D eigenvalue weighted by atomic mass is 19.4. The second kappa shape index (κ2) is 10.2. The van der Waals surface area contributed by atoms with Crippen LogP contribution in [0.4, 0.5) is 13.2 Å². The molecule has 6 nitrogen and oxygen atoms in total. The molecule has 0 radical (unpaired) electrons. The van der Waals surface area contributed by atoms with E-state index in [4.69, 9.17) is 4.74 Å². The normalized spacial score (nSPS) is 16.1. The maximum atomic E-state index is 12.5. The largest absolute Gasteiger partial charge is 0.433 e. The van der Waals surface area contributed by atoms with E-state index in [9.17, 15) is 13.2 Å². The van der Waals surface area contributed by atoms with E-state index in [1.807, 2.05) is 20.0 Å². The van der Waals surface area contributed by atoms with Crippen LogP contribution in [0.5, 0.6) is 0 Å². The van der Waals surface area contributed by atoms with Crippen molar-refractivity contribution in [1.82, 2.24) is 24.9 Å². The van der Waals surface area contributed by atoms with Gasteiger partial charge in [0.2, 0.25) is 0 Å². The molecule has 1 atom stereocenters. The zero-order chi connectivity index (χ0) is 24.1. The molecule has 34 heavy (non-hydrogen) atoms. The minimum absolute atomic E-state index is 0.315. The first kappa shape index (κ1) is 23.7. The summed E-state index contributed by atoms with van der Waals surface area (Å²) < 4.78 is 43.3. The van der Waals surface area contributed by atoms with Gasteiger partial charge in [-0.3, -0.25) is 9.97 Å². The van der Waals surface area contributed by atoms with Crippen LogP contribution < -0.4 is 0 Å². The Morgan fingerprint density at radius 2 is 1.76 bits per heavy atom. The molecule has 0 amide bonds. The van der Waals surface area contributed by atoms with Crippen LogP contribution in [0.1, 0.15) is 48.0 Å². The zero-order valence-electron chi connectivity index (χ0n) is 18.9. The summed E-state index contributed by atoms with van der Waals surface area (Å²) in [5.41, 5.74) is 3.73. The van der Waals surface area contributed by atoms with Gasteiger partial charge in [-0.1, -0.05) is 0 Å².